The van der Waals surface area contributed by atoms with Crippen molar-refractivity contribution in [3.8, 4) is 0 Å². The van der Waals surface area contributed by atoms with E-state index in [-0.39, 0.29) is 36.2 Å². The minimum atomic E-state index is -0.605. The second-order valence-electron chi connectivity index (χ2n) is 3.86. The lowest BCUT2D eigenvalue weighted by Gasteiger charge is -2.00. The van der Waals surface area contributed by atoms with Crippen molar-refractivity contribution in [3.05, 3.63) is 32.7 Å². The number of pyridine rings is 1. The van der Waals surface area contributed by atoms with Gasteiger partial charge in [0.25, 0.3) is 11.2 Å². The van der Waals surface area contributed by atoms with Crippen molar-refractivity contribution in [2.75, 3.05) is 6.61 Å². The predicted octanol–water partition coefficient (Wildman–Crippen LogP) is 1.32. The first kappa shape index (κ1) is 14.1. The summed E-state index contributed by atoms with van der Waals surface area (Å²) in [6, 6.07) is 1.20. The predicted molar refractivity (Wildman–Crippen MR) is 71.8 cm³/mol. The van der Waals surface area contributed by atoms with E-state index in [4.69, 9.17) is 4.74 Å². The van der Waals surface area contributed by atoms with Gasteiger partial charge >= 0.3 is 5.97 Å². The van der Waals surface area contributed by atoms with Crippen LogP contribution in [-0.2, 0) is 16.1 Å². The number of nitrogens with zero attached hydrogens (tertiary/aromatic N) is 3. The Morgan fingerprint density at radius 3 is 3.00 bits per heavy atom. The highest BCUT2D eigenvalue weighted by molar-refractivity contribution is 7.13. The van der Waals surface area contributed by atoms with Crippen LogP contribution in [0, 0.1) is 10.1 Å². The van der Waals surface area contributed by atoms with Crippen LogP contribution in [0.5, 0.6) is 0 Å². The van der Waals surface area contributed by atoms with E-state index in [9.17, 15) is 19.7 Å². The van der Waals surface area contributed by atoms with E-state index < -0.39 is 10.9 Å². The first-order chi connectivity index (χ1) is 9.52. The van der Waals surface area contributed by atoms with Gasteiger partial charge in [0.05, 0.1) is 23.3 Å². The lowest BCUT2D eigenvalue weighted by atomic mass is 10.3. The third-order valence-electron chi connectivity index (χ3n) is 2.53. The molecule has 106 valence electrons. The van der Waals surface area contributed by atoms with E-state index in [0.29, 0.717) is 4.83 Å². The number of carbonyl (C=O) groups is 1. The summed E-state index contributed by atoms with van der Waals surface area (Å²) in [6.45, 7) is 2.16. The normalized spacial score (nSPS) is 10.7. The monoisotopic (exact) mass is 297 g/mol. The van der Waals surface area contributed by atoms with E-state index >= 15 is 0 Å². The van der Waals surface area contributed by atoms with Crippen LogP contribution in [0.15, 0.2) is 17.1 Å². The highest BCUT2D eigenvalue weighted by atomic mass is 32.1. The Morgan fingerprint density at radius 1 is 1.60 bits per heavy atom. The van der Waals surface area contributed by atoms with E-state index in [1.54, 1.807) is 6.92 Å². The van der Waals surface area contributed by atoms with Gasteiger partial charge < -0.3 is 4.74 Å². The Bertz CT molecular complexity index is 720. The summed E-state index contributed by atoms with van der Waals surface area (Å²) in [5.74, 6) is -0.393. The summed E-state index contributed by atoms with van der Waals surface area (Å²) in [4.78, 5) is 37.6. The molecular weight excluding hydrogens is 286 g/mol. The molecule has 2 aromatic heterocycles. The summed E-state index contributed by atoms with van der Waals surface area (Å²) in [5.41, 5.74) is -0.615. The largest absolute Gasteiger partial charge is 0.466 e. The van der Waals surface area contributed by atoms with E-state index in [1.807, 2.05) is 0 Å². The van der Waals surface area contributed by atoms with Gasteiger partial charge in [0, 0.05) is 12.6 Å². The van der Waals surface area contributed by atoms with Gasteiger partial charge in [0.1, 0.15) is 11.0 Å². The molecule has 9 heteroatoms. The van der Waals surface area contributed by atoms with Gasteiger partial charge in [-0.3, -0.25) is 23.7 Å². The Kier molecular flexibility index (Phi) is 4.08. The maximum absolute atomic E-state index is 12.0. The second-order valence-corrected chi connectivity index (χ2v) is 4.87. The van der Waals surface area contributed by atoms with Crippen LogP contribution in [0.4, 0.5) is 5.69 Å². The number of fused-ring (bicyclic) bond motifs is 1. The lowest BCUT2D eigenvalue weighted by Crippen LogP contribution is -2.16. The van der Waals surface area contributed by atoms with Crippen LogP contribution >= 0.6 is 11.5 Å². The highest BCUT2D eigenvalue weighted by Crippen LogP contribution is 2.19. The fraction of sp³-hybridized carbons (Fsp3) is 0.364. The molecule has 0 N–H and O–H groups in total. The summed E-state index contributed by atoms with van der Waals surface area (Å²) in [5, 5.41) is 10.8. The minimum absolute atomic E-state index is 0.0721. The molecule has 0 radical (unpaired) electrons. The average molecular weight is 297 g/mol. The maximum atomic E-state index is 12.0. The summed E-state index contributed by atoms with van der Waals surface area (Å²) in [7, 11) is 0. The molecule has 2 heterocycles. The first-order valence-electron chi connectivity index (χ1n) is 5.82. The molecule has 0 fully saturated rings. The second kappa shape index (κ2) is 5.78. The zero-order valence-corrected chi connectivity index (χ0v) is 11.4. The Labute approximate surface area is 116 Å². The van der Waals surface area contributed by atoms with Crippen LogP contribution in [0.3, 0.4) is 0 Å². The molecule has 8 nitrogen and oxygen atoms in total. The Hall–Kier alpha value is -2.29. The van der Waals surface area contributed by atoms with E-state index in [2.05, 4.69) is 4.98 Å². The van der Waals surface area contributed by atoms with Gasteiger partial charge in [0.15, 0.2) is 0 Å². The van der Waals surface area contributed by atoms with Crippen molar-refractivity contribution >= 4 is 33.4 Å². The minimum Gasteiger partial charge on any atom is -0.466 e. The van der Waals surface area contributed by atoms with Crippen LogP contribution < -0.4 is 5.56 Å². The molecule has 2 aromatic rings. The first-order valence-corrected chi connectivity index (χ1v) is 6.60. The van der Waals surface area contributed by atoms with Crippen LogP contribution in [0.2, 0.25) is 0 Å². The van der Waals surface area contributed by atoms with Crippen molar-refractivity contribution in [1.82, 2.24) is 8.94 Å². The van der Waals surface area contributed by atoms with Gasteiger partial charge in [-0.25, -0.2) is 4.98 Å². The summed E-state index contributed by atoms with van der Waals surface area (Å²) >= 11 is 1.07. The van der Waals surface area contributed by atoms with Crippen LogP contribution in [0.1, 0.15) is 13.3 Å². The highest BCUT2D eigenvalue weighted by Gasteiger charge is 2.15. The van der Waals surface area contributed by atoms with E-state index in [1.165, 1.54) is 10.0 Å². The van der Waals surface area contributed by atoms with Gasteiger partial charge in [-0.2, -0.15) is 0 Å². The van der Waals surface area contributed by atoms with Gasteiger partial charge in [-0.15, -0.1) is 0 Å². The SMILES string of the molecule is CCOC(=O)CCn1sc2ncc([N+](=O)[O-])cc2c1=O. The third-order valence-corrected chi connectivity index (χ3v) is 3.59. The fourth-order valence-electron chi connectivity index (χ4n) is 1.62. The van der Waals surface area contributed by atoms with Gasteiger partial charge in [0.2, 0.25) is 0 Å². The number of aryl methyl sites for hydroxylation is 1. The van der Waals surface area contributed by atoms with E-state index in [0.717, 1.165) is 17.7 Å². The average Bonchev–Trinajstić information content (AvgIpc) is 2.73. The Balaban J connectivity index is 2.27. The van der Waals surface area contributed by atoms with Gasteiger partial charge in [-0.05, 0) is 18.5 Å². The molecule has 0 amide bonds. The summed E-state index contributed by atoms with van der Waals surface area (Å²) < 4.78 is 6.12. The van der Waals surface area contributed by atoms with Crippen molar-refractivity contribution in [2.24, 2.45) is 0 Å². The molecule has 0 aromatic carbocycles. The standard InChI is InChI=1S/C11H11N3O5S/c1-2-19-9(15)3-4-13-11(16)8-5-7(14(17)18)6-12-10(8)20-13/h5-6H,2-4H2,1H3. The molecule has 0 saturated heterocycles. The summed E-state index contributed by atoms with van der Waals surface area (Å²) in [6.07, 6.45) is 1.18. The number of hydrogen-bond acceptors (Lipinski definition) is 7. The number of hydrogen-bond donors (Lipinski definition) is 0. The number of aromatic nitrogens is 2. The smallest absolute Gasteiger partial charge is 0.307 e. The molecule has 0 saturated carbocycles. The third kappa shape index (κ3) is 2.82. The maximum Gasteiger partial charge on any atom is 0.307 e. The van der Waals surface area contributed by atoms with Crippen LogP contribution in [0.25, 0.3) is 10.2 Å². The topological polar surface area (TPSA) is 104 Å². The van der Waals surface area contributed by atoms with Crippen molar-refractivity contribution in [1.29, 1.82) is 0 Å². The molecule has 0 bridgehead atoms. The number of rotatable bonds is 5. The molecule has 0 aliphatic carbocycles. The number of carbonyl (C=O) groups excluding carboxylic acids is 1. The van der Waals surface area contributed by atoms with Crippen molar-refractivity contribution in [2.45, 2.75) is 19.9 Å². The quantitative estimate of drug-likeness (QED) is 0.468. The number of nitro groups is 1. The number of ether oxygens (including phenoxy) is 1. The zero-order chi connectivity index (χ0) is 14.7. The van der Waals surface area contributed by atoms with Gasteiger partial charge in [-0.1, -0.05) is 0 Å². The Morgan fingerprint density at radius 2 is 2.35 bits per heavy atom. The van der Waals surface area contributed by atoms with Crippen LogP contribution in [-0.4, -0.2) is 26.4 Å². The molecule has 0 unspecified atom stereocenters. The molecule has 0 atom stereocenters. The molecule has 0 spiro atoms. The lowest BCUT2D eigenvalue weighted by molar-refractivity contribution is -0.385. The molecule has 20 heavy (non-hydrogen) atoms. The van der Waals surface area contributed by atoms with Crippen molar-refractivity contribution in [3.63, 3.8) is 0 Å². The molecular formula is C11H11N3O5S. The number of esters is 1. The van der Waals surface area contributed by atoms with Crippen molar-refractivity contribution < 1.29 is 14.5 Å². The molecule has 0 aliphatic rings. The molecule has 0 aliphatic heterocycles. The zero-order valence-electron chi connectivity index (χ0n) is 10.6. The fourth-order valence-corrected chi connectivity index (χ4v) is 2.54. The molecule has 2 rings (SSSR count).